The smallest absolute Gasteiger partial charge is 0.363 e. The molecule has 0 radical (unpaired) electrons. The molecule has 0 unspecified atom stereocenters. The molecule has 0 saturated heterocycles. The van der Waals surface area contributed by atoms with Crippen molar-refractivity contribution in [3.63, 3.8) is 0 Å². The van der Waals surface area contributed by atoms with Crippen molar-refractivity contribution in [2.45, 2.75) is 79.1 Å². The Morgan fingerprint density at radius 3 is 2.08 bits per heavy atom. The molecule has 63 heavy (non-hydrogen) atoms. The minimum atomic E-state index is -3.99. The molecule has 5 rings (SSSR count). The fraction of sp³-hybridized carbons (Fsp3) is 0.333. The summed E-state index contributed by atoms with van der Waals surface area (Å²) in [5.41, 5.74) is 2.91. The van der Waals surface area contributed by atoms with Gasteiger partial charge in [0.25, 0.3) is 5.91 Å². The summed E-state index contributed by atoms with van der Waals surface area (Å²) in [7, 11) is -2.47. The number of benzene rings is 4. The number of methoxy groups -OCH3 is 1. The highest BCUT2D eigenvalue weighted by Gasteiger charge is 2.34. The molecule has 0 saturated carbocycles. The molecule has 15 heteroatoms. The van der Waals surface area contributed by atoms with E-state index in [4.69, 9.17) is 27.8 Å². The Balaban J connectivity index is 1.29. The number of nitrogens with zero attached hydrogens (tertiary/aromatic N) is 1. The largest absolute Gasteiger partial charge is 0.497 e. The standard InChI is InChI=1S/C48H56N3O11P/c1-6-9-12-21-42(43(7-2)51(33-52)62-48(55)41-23-22-38(57-5)26-34(41)4)46(53)49-32-50-47(54)45-25-24-44(61-45)37-27-39(58-8-3)29-40(28-37)63(56,59-30-35-17-13-10-14-18-35)60-31-36-19-15-11-16-20-36/h10-11,13-20,22-29,33,42-43H,6-9,12,21,30-32H2,1-5H3,(H,49,53)(H,50,54)/t42-,43-/m1/s1. The van der Waals surface area contributed by atoms with E-state index in [1.165, 1.54) is 13.2 Å². The monoisotopic (exact) mass is 881 g/mol. The average Bonchev–Trinajstić information content (AvgIpc) is 3.81. The van der Waals surface area contributed by atoms with Gasteiger partial charge in [0.1, 0.15) is 17.3 Å². The van der Waals surface area contributed by atoms with Crippen LogP contribution in [0.25, 0.3) is 11.3 Å². The summed E-state index contributed by atoms with van der Waals surface area (Å²) >= 11 is 0. The second-order valence-corrected chi connectivity index (χ2v) is 16.7. The Labute approximate surface area is 368 Å². The maximum Gasteiger partial charge on any atom is 0.363 e. The zero-order valence-corrected chi connectivity index (χ0v) is 37.3. The van der Waals surface area contributed by atoms with Gasteiger partial charge >= 0.3 is 13.6 Å². The van der Waals surface area contributed by atoms with Crippen LogP contribution in [0.1, 0.15) is 90.5 Å². The second kappa shape index (κ2) is 23.9. The highest BCUT2D eigenvalue weighted by atomic mass is 31.2. The number of hydrogen-bond donors (Lipinski definition) is 2. The summed E-state index contributed by atoms with van der Waals surface area (Å²) in [5.74, 6) is -1.38. The van der Waals surface area contributed by atoms with Crippen molar-refractivity contribution in [3.8, 4) is 22.8 Å². The van der Waals surface area contributed by atoms with E-state index < -0.39 is 37.3 Å². The third-order valence-electron chi connectivity index (χ3n) is 10.2. The van der Waals surface area contributed by atoms with Crippen LogP contribution < -0.4 is 25.4 Å². The Kier molecular flexibility index (Phi) is 18.1. The van der Waals surface area contributed by atoms with E-state index in [-0.39, 0.29) is 42.3 Å². The quantitative estimate of drug-likeness (QED) is 0.0189. The number of ether oxygens (including phenoxy) is 2. The summed E-state index contributed by atoms with van der Waals surface area (Å²) in [5, 5.41) is 6.56. The molecule has 0 aliphatic heterocycles. The summed E-state index contributed by atoms with van der Waals surface area (Å²) in [6.07, 6.45) is 3.54. The van der Waals surface area contributed by atoms with Crippen LogP contribution >= 0.6 is 7.60 Å². The number of carbonyl (C=O) groups is 4. The van der Waals surface area contributed by atoms with Gasteiger partial charge in [0, 0.05) is 5.56 Å². The molecule has 0 aliphatic rings. The van der Waals surface area contributed by atoms with Gasteiger partial charge in [0.05, 0.1) is 56.4 Å². The first kappa shape index (κ1) is 47.8. The molecular formula is C48H56N3O11P. The fourth-order valence-corrected chi connectivity index (χ4v) is 8.48. The number of rotatable bonds is 25. The normalized spacial score (nSPS) is 12.1. The van der Waals surface area contributed by atoms with Gasteiger partial charge in [-0.25, -0.2) is 4.79 Å². The first-order valence-electron chi connectivity index (χ1n) is 21.0. The zero-order valence-electron chi connectivity index (χ0n) is 36.4. The number of carbonyl (C=O) groups excluding carboxylic acids is 4. The third-order valence-corrected chi connectivity index (χ3v) is 12.1. The Morgan fingerprint density at radius 2 is 1.49 bits per heavy atom. The molecule has 14 nitrogen and oxygen atoms in total. The van der Waals surface area contributed by atoms with Crippen LogP contribution in [0.4, 0.5) is 0 Å². The topological polar surface area (TPSA) is 172 Å². The lowest BCUT2D eigenvalue weighted by Gasteiger charge is -2.32. The van der Waals surface area contributed by atoms with Gasteiger partial charge < -0.3 is 38.4 Å². The first-order chi connectivity index (χ1) is 30.5. The minimum absolute atomic E-state index is 0.0222. The highest BCUT2D eigenvalue weighted by molar-refractivity contribution is 7.62. The molecule has 0 bridgehead atoms. The van der Waals surface area contributed by atoms with E-state index >= 15 is 0 Å². The maximum absolute atomic E-state index is 14.7. The van der Waals surface area contributed by atoms with Gasteiger partial charge in [-0.1, -0.05) is 93.8 Å². The maximum atomic E-state index is 14.7. The molecule has 0 fully saturated rings. The van der Waals surface area contributed by atoms with Crippen molar-refractivity contribution in [2.24, 2.45) is 5.92 Å². The van der Waals surface area contributed by atoms with E-state index in [1.54, 1.807) is 56.3 Å². The predicted octanol–water partition coefficient (Wildman–Crippen LogP) is 8.92. The lowest BCUT2D eigenvalue weighted by Crippen LogP contribution is -2.49. The van der Waals surface area contributed by atoms with Crippen LogP contribution in [0.2, 0.25) is 0 Å². The van der Waals surface area contributed by atoms with E-state index in [2.05, 4.69) is 10.6 Å². The van der Waals surface area contributed by atoms with Crippen molar-refractivity contribution in [2.75, 3.05) is 20.4 Å². The number of aryl methyl sites for hydroxylation is 1. The summed E-state index contributed by atoms with van der Waals surface area (Å²) < 4.78 is 44.0. The van der Waals surface area contributed by atoms with Crippen molar-refractivity contribution in [1.82, 2.24) is 15.7 Å². The molecule has 5 aromatic rings. The predicted molar refractivity (Wildman–Crippen MR) is 238 cm³/mol. The summed E-state index contributed by atoms with van der Waals surface area (Å²) in [4.78, 5) is 58.2. The number of hydroxylamine groups is 2. The van der Waals surface area contributed by atoms with Crippen molar-refractivity contribution in [3.05, 3.63) is 137 Å². The zero-order chi connectivity index (χ0) is 45.2. The van der Waals surface area contributed by atoms with Crippen LogP contribution in [-0.4, -0.2) is 55.7 Å². The second-order valence-electron chi connectivity index (χ2n) is 14.7. The summed E-state index contributed by atoms with van der Waals surface area (Å²) in [6, 6.07) is 30.8. The SMILES string of the molecule is CCCCC[C@@H](C(=O)NCNC(=O)c1ccc(-c2cc(OCC)cc(P(=O)(OCc3ccccc3)OCc3ccccc3)c2)o1)[C@@H](CC)N(C=O)OC(=O)c1ccc(OC)cc1C. The van der Waals surface area contributed by atoms with Crippen LogP contribution in [-0.2, 0) is 41.3 Å². The van der Waals surface area contributed by atoms with Gasteiger partial charge in [0.2, 0.25) is 12.3 Å². The van der Waals surface area contributed by atoms with Crippen molar-refractivity contribution in [1.29, 1.82) is 0 Å². The van der Waals surface area contributed by atoms with Gasteiger partial charge in [0.15, 0.2) is 5.76 Å². The van der Waals surface area contributed by atoms with Gasteiger partial charge in [-0.15, -0.1) is 0 Å². The molecule has 0 aliphatic carbocycles. The minimum Gasteiger partial charge on any atom is -0.497 e. The number of unbranched alkanes of at least 4 members (excludes halogenated alkanes) is 2. The van der Waals surface area contributed by atoms with E-state index in [0.717, 1.165) is 29.0 Å². The third kappa shape index (κ3) is 13.4. The number of hydrogen-bond acceptors (Lipinski definition) is 11. The molecule has 2 atom stereocenters. The molecule has 3 amide bonds. The number of furan rings is 1. The van der Waals surface area contributed by atoms with Crippen LogP contribution in [0.15, 0.2) is 114 Å². The molecule has 4 aromatic carbocycles. The fourth-order valence-electron chi connectivity index (χ4n) is 6.89. The molecule has 0 spiro atoms. The Morgan fingerprint density at radius 1 is 0.810 bits per heavy atom. The van der Waals surface area contributed by atoms with Crippen LogP contribution in [0, 0.1) is 12.8 Å². The number of nitrogens with one attached hydrogen (secondary N) is 2. The van der Waals surface area contributed by atoms with E-state index in [0.29, 0.717) is 54.9 Å². The van der Waals surface area contributed by atoms with Gasteiger partial charge in [-0.2, -0.15) is 5.06 Å². The molecule has 1 heterocycles. The van der Waals surface area contributed by atoms with Gasteiger partial charge in [-0.05, 0) is 91.9 Å². The Bertz CT molecular complexity index is 2270. The first-order valence-corrected chi connectivity index (χ1v) is 22.6. The van der Waals surface area contributed by atoms with E-state index in [9.17, 15) is 23.7 Å². The van der Waals surface area contributed by atoms with Gasteiger partial charge in [-0.3, -0.25) is 18.9 Å². The van der Waals surface area contributed by atoms with Crippen LogP contribution in [0.3, 0.4) is 0 Å². The van der Waals surface area contributed by atoms with Crippen molar-refractivity contribution >= 4 is 37.1 Å². The molecule has 1 aromatic heterocycles. The Hall–Kier alpha value is -6.21. The molecular weight excluding hydrogens is 826 g/mol. The van der Waals surface area contributed by atoms with E-state index in [1.807, 2.05) is 74.5 Å². The lowest BCUT2D eigenvalue weighted by molar-refractivity contribution is -0.171. The highest BCUT2D eigenvalue weighted by Crippen LogP contribution is 2.50. The number of amides is 3. The molecule has 334 valence electrons. The summed E-state index contributed by atoms with van der Waals surface area (Å²) in [6.45, 7) is 7.49. The lowest BCUT2D eigenvalue weighted by atomic mass is 9.90. The average molecular weight is 882 g/mol. The molecule has 2 N–H and O–H groups in total. The van der Waals surface area contributed by atoms with Crippen LogP contribution in [0.5, 0.6) is 11.5 Å². The van der Waals surface area contributed by atoms with Crippen molar-refractivity contribution < 1.29 is 51.5 Å².